The first-order valence-corrected chi connectivity index (χ1v) is 8.65. The van der Waals surface area contributed by atoms with Crippen molar-refractivity contribution in [2.24, 2.45) is 0 Å². The maximum absolute atomic E-state index is 10.3. The first-order valence-electron chi connectivity index (χ1n) is 8.27. The fourth-order valence-corrected chi connectivity index (χ4v) is 3.30. The van der Waals surface area contributed by atoms with Gasteiger partial charge in [-0.2, -0.15) is 0 Å². The minimum absolute atomic E-state index is 0.176. The Balaban J connectivity index is 1.87. The zero-order valence-electron chi connectivity index (χ0n) is 13.9. The van der Waals surface area contributed by atoms with Crippen molar-refractivity contribution in [2.45, 2.75) is 36.9 Å². The van der Waals surface area contributed by atoms with Gasteiger partial charge in [-0.25, -0.2) is 0 Å². The van der Waals surface area contributed by atoms with Gasteiger partial charge >= 0.3 is 0 Å². The number of phenols is 1. The summed E-state index contributed by atoms with van der Waals surface area (Å²) >= 11 is 6.28. The molecule has 1 saturated heterocycles. The number of hydrogen-bond donors (Lipinski definition) is 5. The smallest absolute Gasteiger partial charge is 0.115 e. The minimum Gasteiger partial charge on any atom is -0.508 e. The topological polar surface area (TPSA) is 110 Å². The van der Waals surface area contributed by atoms with Crippen molar-refractivity contribution in [1.82, 2.24) is 0 Å². The van der Waals surface area contributed by atoms with Crippen LogP contribution in [0.1, 0.15) is 22.8 Å². The molecule has 3 rings (SSSR count). The normalized spacial score (nSPS) is 28.9. The SMILES string of the molecule is OCC1O[C@H](c2ccc(Cl)c(Cc3ccc(O)cc3)c2)C(O)C(O)C1O. The van der Waals surface area contributed by atoms with E-state index in [1.165, 1.54) is 0 Å². The van der Waals surface area contributed by atoms with Crippen molar-refractivity contribution in [3.8, 4) is 5.75 Å². The monoisotopic (exact) mass is 380 g/mol. The van der Waals surface area contributed by atoms with Crippen LogP contribution >= 0.6 is 11.6 Å². The van der Waals surface area contributed by atoms with Crippen LogP contribution in [0.3, 0.4) is 0 Å². The Morgan fingerprint density at radius 2 is 1.62 bits per heavy atom. The highest BCUT2D eigenvalue weighted by atomic mass is 35.5. The van der Waals surface area contributed by atoms with Gasteiger partial charge in [0, 0.05) is 5.02 Å². The standard InChI is InChI=1S/C19H21ClO6/c20-14-6-3-11(8-12(14)7-10-1-4-13(22)5-2-10)19-18(25)17(24)16(23)15(9-21)26-19/h1-6,8,15-19,21-25H,7,9H2/t15?,16?,17?,18?,19-/m1/s1. The number of phenolic OH excluding ortho intramolecular Hbond substituents is 1. The number of aromatic hydroxyl groups is 1. The lowest BCUT2D eigenvalue weighted by molar-refractivity contribution is -0.231. The summed E-state index contributed by atoms with van der Waals surface area (Å²) in [6, 6.07) is 11.9. The number of aliphatic hydroxyl groups is 4. The van der Waals surface area contributed by atoms with Gasteiger partial charge in [0.15, 0.2) is 0 Å². The van der Waals surface area contributed by atoms with Crippen LogP contribution < -0.4 is 0 Å². The third-order valence-corrected chi connectivity index (χ3v) is 4.99. The highest BCUT2D eigenvalue weighted by Crippen LogP contribution is 2.34. The van der Waals surface area contributed by atoms with E-state index in [1.807, 2.05) is 0 Å². The molecule has 1 fully saturated rings. The van der Waals surface area contributed by atoms with Crippen molar-refractivity contribution in [3.05, 3.63) is 64.2 Å². The highest BCUT2D eigenvalue weighted by molar-refractivity contribution is 6.31. The van der Waals surface area contributed by atoms with Crippen LogP contribution in [0.5, 0.6) is 5.75 Å². The van der Waals surface area contributed by atoms with E-state index in [-0.39, 0.29) is 5.75 Å². The maximum Gasteiger partial charge on any atom is 0.115 e. The van der Waals surface area contributed by atoms with Crippen LogP contribution in [0.25, 0.3) is 0 Å². The zero-order valence-corrected chi connectivity index (χ0v) is 14.6. The lowest BCUT2D eigenvalue weighted by Crippen LogP contribution is -2.55. The van der Waals surface area contributed by atoms with Crippen molar-refractivity contribution in [1.29, 1.82) is 0 Å². The van der Waals surface area contributed by atoms with Crippen LogP contribution in [-0.2, 0) is 11.2 Å². The van der Waals surface area contributed by atoms with Gasteiger partial charge in [0.1, 0.15) is 36.3 Å². The quantitative estimate of drug-likeness (QED) is 0.544. The van der Waals surface area contributed by atoms with Gasteiger partial charge in [0.2, 0.25) is 0 Å². The van der Waals surface area contributed by atoms with Crippen molar-refractivity contribution >= 4 is 11.6 Å². The number of aliphatic hydroxyl groups excluding tert-OH is 4. The molecule has 1 aliphatic rings. The molecule has 4 unspecified atom stereocenters. The van der Waals surface area contributed by atoms with Gasteiger partial charge in [0.05, 0.1) is 6.61 Å². The van der Waals surface area contributed by atoms with E-state index in [1.54, 1.807) is 42.5 Å². The molecule has 0 bridgehead atoms. The molecule has 5 N–H and O–H groups in total. The summed E-state index contributed by atoms with van der Waals surface area (Å²) in [5.74, 6) is 0.176. The predicted molar refractivity (Wildman–Crippen MR) is 95.1 cm³/mol. The van der Waals surface area contributed by atoms with Gasteiger partial charge < -0.3 is 30.3 Å². The summed E-state index contributed by atoms with van der Waals surface area (Å²) in [7, 11) is 0. The van der Waals surface area contributed by atoms with Gasteiger partial charge in [-0.15, -0.1) is 0 Å². The Hall–Kier alpha value is -1.67. The van der Waals surface area contributed by atoms with Gasteiger partial charge in [-0.3, -0.25) is 0 Å². The Kier molecular flexibility index (Phi) is 5.82. The molecule has 140 valence electrons. The Morgan fingerprint density at radius 3 is 2.27 bits per heavy atom. The summed E-state index contributed by atoms with van der Waals surface area (Å²) < 4.78 is 5.59. The van der Waals surface area contributed by atoms with Crippen molar-refractivity contribution in [3.63, 3.8) is 0 Å². The van der Waals surface area contributed by atoms with Gasteiger partial charge in [-0.1, -0.05) is 35.9 Å². The first-order chi connectivity index (χ1) is 12.4. The molecule has 0 spiro atoms. The zero-order chi connectivity index (χ0) is 18.8. The summed E-state index contributed by atoms with van der Waals surface area (Å²) in [5.41, 5.74) is 2.31. The molecule has 0 radical (unpaired) electrons. The molecule has 0 amide bonds. The largest absolute Gasteiger partial charge is 0.508 e. The minimum atomic E-state index is -1.43. The van der Waals surface area contributed by atoms with E-state index in [0.29, 0.717) is 17.0 Å². The molecular weight excluding hydrogens is 360 g/mol. The van der Waals surface area contributed by atoms with Crippen LogP contribution in [0.15, 0.2) is 42.5 Å². The predicted octanol–water partition coefficient (Wildman–Crippen LogP) is 1.15. The molecule has 26 heavy (non-hydrogen) atoms. The summed E-state index contributed by atoms with van der Waals surface area (Å²) in [6.45, 7) is -0.477. The molecular formula is C19H21ClO6. The van der Waals surface area contributed by atoms with Crippen LogP contribution in [0.2, 0.25) is 5.02 Å². The second kappa shape index (κ2) is 7.92. The van der Waals surface area contributed by atoms with Crippen LogP contribution in [0, 0.1) is 0 Å². The van der Waals surface area contributed by atoms with Gasteiger partial charge in [-0.05, 0) is 41.3 Å². The molecule has 0 aromatic heterocycles. The van der Waals surface area contributed by atoms with E-state index in [9.17, 15) is 25.5 Å². The fourth-order valence-electron chi connectivity index (χ4n) is 3.12. The molecule has 7 heteroatoms. The third kappa shape index (κ3) is 3.86. The first kappa shape index (κ1) is 19.1. The van der Waals surface area contributed by atoms with Crippen molar-refractivity contribution < 1.29 is 30.3 Å². The number of hydrogen-bond acceptors (Lipinski definition) is 6. The molecule has 0 aliphatic carbocycles. The lowest BCUT2D eigenvalue weighted by Gasteiger charge is -2.40. The van der Waals surface area contributed by atoms with E-state index in [2.05, 4.69) is 0 Å². The molecule has 1 heterocycles. The van der Waals surface area contributed by atoms with E-state index in [4.69, 9.17) is 16.3 Å². The van der Waals surface area contributed by atoms with Gasteiger partial charge in [0.25, 0.3) is 0 Å². The molecule has 1 aliphatic heterocycles. The molecule has 5 atom stereocenters. The van der Waals surface area contributed by atoms with E-state index in [0.717, 1.165) is 11.1 Å². The molecule has 2 aromatic carbocycles. The number of halogens is 1. The van der Waals surface area contributed by atoms with Crippen molar-refractivity contribution in [2.75, 3.05) is 6.61 Å². The maximum atomic E-state index is 10.3. The number of ether oxygens (including phenoxy) is 1. The number of rotatable bonds is 4. The highest BCUT2D eigenvalue weighted by Gasteiger charge is 2.43. The Bertz CT molecular complexity index is 748. The van der Waals surface area contributed by atoms with E-state index < -0.39 is 37.1 Å². The Morgan fingerprint density at radius 1 is 0.923 bits per heavy atom. The fraction of sp³-hybridized carbons (Fsp3) is 0.368. The third-order valence-electron chi connectivity index (χ3n) is 4.62. The molecule has 2 aromatic rings. The summed E-state index contributed by atoms with van der Waals surface area (Å²) in [6.07, 6.45) is -5.52. The lowest BCUT2D eigenvalue weighted by atomic mass is 9.90. The average Bonchev–Trinajstić information content (AvgIpc) is 2.64. The average molecular weight is 381 g/mol. The molecule has 6 nitrogen and oxygen atoms in total. The van der Waals surface area contributed by atoms with Crippen LogP contribution in [-0.4, -0.2) is 56.6 Å². The van der Waals surface area contributed by atoms with E-state index >= 15 is 0 Å². The second-order valence-corrected chi connectivity index (χ2v) is 6.85. The number of benzene rings is 2. The van der Waals surface area contributed by atoms with Crippen LogP contribution in [0.4, 0.5) is 0 Å². The summed E-state index contributed by atoms with van der Waals surface area (Å²) in [4.78, 5) is 0. The Labute approximate surface area is 155 Å². The molecule has 0 saturated carbocycles. The second-order valence-electron chi connectivity index (χ2n) is 6.44. The summed E-state index contributed by atoms with van der Waals surface area (Å²) in [5, 5.41) is 49.4.